The van der Waals surface area contributed by atoms with Gasteiger partial charge in [0.25, 0.3) is 5.91 Å². The van der Waals surface area contributed by atoms with Crippen LogP contribution in [0.5, 0.6) is 23.0 Å². The van der Waals surface area contributed by atoms with Crippen LogP contribution in [0.15, 0.2) is 36.4 Å². The summed E-state index contributed by atoms with van der Waals surface area (Å²) in [5, 5.41) is 2.40. The van der Waals surface area contributed by atoms with Gasteiger partial charge >= 0.3 is 12.3 Å². The van der Waals surface area contributed by atoms with Crippen molar-refractivity contribution in [1.29, 1.82) is 0 Å². The van der Waals surface area contributed by atoms with Crippen LogP contribution in [0.25, 0.3) is 0 Å². The standard InChI is InChI=1S/C18H15F2NO7/c1-24-13-5-3-4-11(16(13)25-2)17(23)26-9-15(22)21-10-6-7-12-14(8-10)28-18(19,20)27-12/h3-8H,9H2,1-2H3,(H,21,22). The molecule has 0 saturated heterocycles. The molecule has 1 aliphatic rings. The number of ether oxygens (including phenoxy) is 5. The molecule has 0 radical (unpaired) electrons. The molecule has 1 heterocycles. The van der Waals surface area contributed by atoms with Crippen molar-refractivity contribution in [2.24, 2.45) is 0 Å². The van der Waals surface area contributed by atoms with E-state index in [0.29, 0.717) is 5.75 Å². The number of amides is 1. The lowest BCUT2D eigenvalue weighted by Gasteiger charge is -2.12. The summed E-state index contributed by atoms with van der Waals surface area (Å²) >= 11 is 0. The molecular weight excluding hydrogens is 380 g/mol. The van der Waals surface area contributed by atoms with E-state index in [1.807, 2.05) is 0 Å². The van der Waals surface area contributed by atoms with E-state index in [1.165, 1.54) is 38.5 Å². The smallest absolute Gasteiger partial charge is 0.493 e. The molecule has 0 bridgehead atoms. The predicted octanol–water partition coefficient (Wildman–Crippen LogP) is 2.82. The first-order chi connectivity index (χ1) is 13.3. The summed E-state index contributed by atoms with van der Waals surface area (Å²) in [6.45, 7) is -0.607. The van der Waals surface area contributed by atoms with E-state index in [4.69, 9.17) is 14.2 Å². The summed E-state index contributed by atoms with van der Waals surface area (Å²) in [5.41, 5.74) is 0.250. The second kappa shape index (κ2) is 7.59. The Morgan fingerprint density at radius 1 is 1.07 bits per heavy atom. The van der Waals surface area contributed by atoms with Crippen molar-refractivity contribution in [2.75, 3.05) is 26.1 Å². The molecule has 10 heteroatoms. The van der Waals surface area contributed by atoms with Crippen LogP contribution in [0, 0.1) is 0 Å². The molecule has 0 unspecified atom stereocenters. The number of nitrogens with one attached hydrogen (secondary N) is 1. The lowest BCUT2D eigenvalue weighted by atomic mass is 10.2. The van der Waals surface area contributed by atoms with Gasteiger partial charge in [0.1, 0.15) is 5.56 Å². The maximum Gasteiger partial charge on any atom is 0.586 e. The highest BCUT2D eigenvalue weighted by molar-refractivity contribution is 5.97. The first kappa shape index (κ1) is 19.2. The molecule has 2 aromatic carbocycles. The number of carbonyl (C=O) groups is 2. The van der Waals surface area contributed by atoms with E-state index in [2.05, 4.69) is 14.8 Å². The third-order valence-corrected chi connectivity index (χ3v) is 3.64. The molecule has 0 spiro atoms. The van der Waals surface area contributed by atoms with Gasteiger partial charge in [-0.2, -0.15) is 0 Å². The maximum absolute atomic E-state index is 13.0. The molecule has 148 valence electrons. The second-order valence-electron chi connectivity index (χ2n) is 5.49. The van der Waals surface area contributed by atoms with Gasteiger partial charge < -0.3 is 29.0 Å². The van der Waals surface area contributed by atoms with Crippen molar-refractivity contribution in [3.8, 4) is 23.0 Å². The average molecular weight is 395 g/mol. The van der Waals surface area contributed by atoms with E-state index < -0.39 is 24.8 Å². The van der Waals surface area contributed by atoms with Crippen molar-refractivity contribution in [3.05, 3.63) is 42.0 Å². The maximum atomic E-state index is 13.0. The van der Waals surface area contributed by atoms with Crippen LogP contribution in [0.3, 0.4) is 0 Å². The Hall–Kier alpha value is -3.56. The number of esters is 1. The fraction of sp³-hybridized carbons (Fsp3) is 0.222. The van der Waals surface area contributed by atoms with Gasteiger partial charge in [0.2, 0.25) is 0 Å². The van der Waals surface area contributed by atoms with E-state index in [-0.39, 0.29) is 28.5 Å². The van der Waals surface area contributed by atoms with Crippen LogP contribution in [-0.4, -0.2) is 39.0 Å². The average Bonchev–Trinajstić information content (AvgIpc) is 2.98. The highest BCUT2D eigenvalue weighted by atomic mass is 19.3. The minimum Gasteiger partial charge on any atom is -0.493 e. The quantitative estimate of drug-likeness (QED) is 0.752. The van der Waals surface area contributed by atoms with Crippen molar-refractivity contribution in [2.45, 2.75) is 6.29 Å². The van der Waals surface area contributed by atoms with Gasteiger partial charge in [0, 0.05) is 11.8 Å². The molecule has 2 aromatic rings. The van der Waals surface area contributed by atoms with Crippen LogP contribution in [0.4, 0.5) is 14.5 Å². The minimum atomic E-state index is -3.75. The van der Waals surface area contributed by atoms with Gasteiger partial charge in [-0.05, 0) is 24.3 Å². The number of para-hydroxylation sites is 1. The molecule has 0 fully saturated rings. The van der Waals surface area contributed by atoms with Gasteiger partial charge in [0.05, 0.1) is 14.2 Å². The molecule has 0 aliphatic carbocycles. The molecule has 1 aliphatic heterocycles. The number of anilines is 1. The molecule has 0 aromatic heterocycles. The fourth-order valence-electron chi connectivity index (χ4n) is 2.48. The number of hydrogen-bond acceptors (Lipinski definition) is 7. The summed E-state index contributed by atoms with van der Waals surface area (Å²) in [6, 6.07) is 8.36. The van der Waals surface area contributed by atoms with Crippen molar-refractivity contribution in [3.63, 3.8) is 0 Å². The van der Waals surface area contributed by atoms with Gasteiger partial charge in [-0.3, -0.25) is 4.79 Å². The van der Waals surface area contributed by atoms with Crippen LogP contribution < -0.4 is 24.3 Å². The lowest BCUT2D eigenvalue weighted by Crippen LogP contribution is -2.25. The number of carbonyl (C=O) groups excluding carboxylic acids is 2. The zero-order chi connectivity index (χ0) is 20.3. The minimum absolute atomic E-state index is 0.0833. The molecule has 28 heavy (non-hydrogen) atoms. The van der Waals surface area contributed by atoms with Crippen LogP contribution in [0.1, 0.15) is 10.4 Å². The van der Waals surface area contributed by atoms with Gasteiger partial charge in [-0.1, -0.05) is 6.07 Å². The molecule has 0 saturated carbocycles. The summed E-state index contributed by atoms with van der Waals surface area (Å²) in [7, 11) is 2.78. The Morgan fingerprint density at radius 3 is 2.54 bits per heavy atom. The third-order valence-electron chi connectivity index (χ3n) is 3.64. The molecular formula is C18H15F2NO7. The van der Waals surface area contributed by atoms with Crippen LogP contribution in [-0.2, 0) is 9.53 Å². The number of rotatable bonds is 6. The molecule has 0 atom stereocenters. The predicted molar refractivity (Wildman–Crippen MR) is 91.1 cm³/mol. The van der Waals surface area contributed by atoms with Crippen molar-refractivity contribution < 1.29 is 42.1 Å². The Morgan fingerprint density at radius 2 is 1.82 bits per heavy atom. The van der Waals surface area contributed by atoms with E-state index in [9.17, 15) is 18.4 Å². The summed E-state index contributed by atoms with van der Waals surface area (Å²) in [4.78, 5) is 24.2. The summed E-state index contributed by atoms with van der Waals surface area (Å²) < 4.78 is 49.8. The van der Waals surface area contributed by atoms with Gasteiger partial charge in [0.15, 0.2) is 29.6 Å². The van der Waals surface area contributed by atoms with Crippen LogP contribution in [0.2, 0.25) is 0 Å². The zero-order valence-corrected chi connectivity index (χ0v) is 14.8. The van der Waals surface area contributed by atoms with E-state index >= 15 is 0 Å². The molecule has 8 nitrogen and oxygen atoms in total. The number of hydrogen-bond donors (Lipinski definition) is 1. The van der Waals surface area contributed by atoms with Gasteiger partial charge in [-0.25, -0.2) is 4.79 Å². The number of benzene rings is 2. The normalized spacial score (nSPS) is 13.6. The Kier molecular flexibility index (Phi) is 5.21. The van der Waals surface area contributed by atoms with Crippen molar-refractivity contribution >= 4 is 17.6 Å². The lowest BCUT2D eigenvalue weighted by molar-refractivity contribution is -0.286. The zero-order valence-electron chi connectivity index (χ0n) is 14.8. The number of alkyl halides is 2. The van der Waals surface area contributed by atoms with E-state index in [1.54, 1.807) is 12.1 Å². The highest BCUT2D eigenvalue weighted by Crippen LogP contribution is 2.42. The Balaban J connectivity index is 1.60. The Labute approximate surface area is 157 Å². The number of fused-ring (bicyclic) bond motifs is 1. The van der Waals surface area contributed by atoms with Gasteiger partial charge in [-0.15, -0.1) is 8.78 Å². The fourth-order valence-corrected chi connectivity index (χ4v) is 2.48. The first-order valence-corrected chi connectivity index (χ1v) is 7.91. The number of halogens is 2. The van der Waals surface area contributed by atoms with E-state index in [0.717, 1.165) is 0 Å². The summed E-state index contributed by atoms with van der Waals surface area (Å²) in [5.74, 6) is -1.34. The monoisotopic (exact) mass is 395 g/mol. The Bertz CT molecular complexity index is 917. The first-order valence-electron chi connectivity index (χ1n) is 7.91. The SMILES string of the molecule is COc1cccc(C(=O)OCC(=O)Nc2ccc3c(c2)OC(F)(F)O3)c1OC. The number of methoxy groups -OCH3 is 2. The molecule has 1 amide bonds. The largest absolute Gasteiger partial charge is 0.586 e. The third kappa shape index (κ3) is 4.05. The van der Waals surface area contributed by atoms with Crippen molar-refractivity contribution in [1.82, 2.24) is 0 Å². The molecule has 3 rings (SSSR count). The summed E-state index contributed by atoms with van der Waals surface area (Å²) in [6.07, 6.45) is -3.75. The second-order valence-corrected chi connectivity index (χ2v) is 5.49. The molecule has 1 N–H and O–H groups in total. The topological polar surface area (TPSA) is 92.3 Å². The van der Waals surface area contributed by atoms with Crippen LogP contribution >= 0.6 is 0 Å². The highest BCUT2D eigenvalue weighted by Gasteiger charge is 2.43.